The Kier molecular flexibility index (Phi) is 4.68. The van der Waals surface area contributed by atoms with Crippen molar-refractivity contribution in [1.29, 1.82) is 5.26 Å². The van der Waals surface area contributed by atoms with Crippen LogP contribution in [0.1, 0.15) is 29.2 Å². The van der Waals surface area contributed by atoms with Gasteiger partial charge in [0.15, 0.2) is 0 Å². The Labute approximate surface area is 101 Å². The van der Waals surface area contributed by atoms with Crippen LogP contribution in [0.3, 0.4) is 0 Å². The van der Waals surface area contributed by atoms with Crippen molar-refractivity contribution < 1.29 is 9.53 Å². The number of benzene rings is 1. The number of methoxy groups -OCH3 is 1. The molecule has 0 fully saturated rings. The molecule has 1 aromatic carbocycles. The van der Waals surface area contributed by atoms with E-state index < -0.39 is 0 Å². The molecule has 0 aromatic heterocycles. The maximum Gasteiger partial charge on any atom is 0.309 e. The van der Waals surface area contributed by atoms with Crippen LogP contribution in [0.15, 0.2) is 12.1 Å². The molecular formula is C13H16N2O2. The van der Waals surface area contributed by atoms with Gasteiger partial charge < -0.3 is 10.5 Å². The number of nitriles is 1. The molecule has 4 heteroatoms. The summed E-state index contributed by atoms with van der Waals surface area (Å²) in [5, 5.41) is 9.08. The summed E-state index contributed by atoms with van der Waals surface area (Å²) in [4.78, 5) is 11.2. The molecule has 0 aliphatic rings. The van der Waals surface area contributed by atoms with Crippen molar-refractivity contribution in [2.45, 2.75) is 26.3 Å². The Hall–Kier alpha value is -1.86. The lowest BCUT2D eigenvalue weighted by Crippen LogP contribution is -2.09. The molecule has 0 atom stereocenters. The molecule has 90 valence electrons. The monoisotopic (exact) mass is 232 g/mol. The van der Waals surface area contributed by atoms with Crippen LogP contribution in [0, 0.1) is 11.3 Å². The van der Waals surface area contributed by atoms with Crippen LogP contribution in [0.4, 0.5) is 0 Å². The van der Waals surface area contributed by atoms with Gasteiger partial charge in [0, 0.05) is 6.54 Å². The van der Waals surface area contributed by atoms with Crippen LogP contribution in [-0.2, 0) is 28.9 Å². The van der Waals surface area contributed by atoms with E-state index in [9.17, 15) is 4.79 Å². The molecule has 0 aliphatic carbocycles. The van der Waals surface area contributed by atoms with Crippen LogP contribution >= 0.6 is 0 Å². The first-order valence-corrected chi connectivity index (χ1v) is 5.47. The summed E-state index contributed by atoms with van der Waals surface area (Å²) in [7, 11) is 1.35. The van der Waals surface area contributed by atoms with Gasteiger partial charge in [0.25, 0.3) is 0 Å². The van der Waals surface area contributed by atoms with E-state index >= 15 is 0 Å². The van der Waals surface area contributed by atoms with Crippen LogP contribution in [0.2, 0.25) is 0 Å². The maximum absolute atomic E-state index is 11.2. The predicted octanol–water partition coefficient (Wildman–Crippen LogP) is 1.29. The lowest BCUT2D eigenvalue weighted by Gasteiger charge is -2.10. The van der Waals surface area contributed by atoms with Gasteiger partial charge in [-0.15, -0.1) is 0 Å². The number of carbonyl (C=O) groups is 1. The van der Waals surface area contributed by atoms with Crippen LogP contribution in [0.25, 0.3) is 0 Å². The van der Waals surface area contributed by atoms with E-state index in [1.807, 2.05) is 13.0 Å². The minimum Gasteiger partial charge on any atom is -0.469 e. The van der Waals surface area contributed by atoms with Gasteiger partial charge in [-0.3, -0.25) is 4.79 Å². The van der Waals surface area contributed by atoms with Crippen molar-refractivity contribution in [2.75, 3.05) is 7.11 Å². The third kappa shape index (κ3) is 3.05. The molecule has 1 aromatic rings. The lowest BCUT2D eigenvalue weighted by atomic mass is 9.95. The molecule has 0 heterocycles. The fourth-order valence-electron chi connectivity index (χ4n) is 1.84. The minimum atomic E-state index is -0.318. The number of hydrogen-bond acceptors (Lipinski definition) is 4. The number of nitrogens with zero attached hydrogens (tertiary/aromatic N) is 1. The Morgan fingerprint density at radius 2 is 2.24 bits per heavy atom. The zero-order valence-electron chi connectivity index (χ0n) is 10.1. The van der Waals surface area contributed by atoms with Crippen molar-refractivity contribution in [3.8, 4) is 6.07 Å². The Bertz CT molecular complexity index is 461. The summed E-state index contributed by atoms with van der Waals surface area (Å²) in [6.45, 7) is 2.35. The average Bonchev–Trinajstić information content (AvgIpc) is 2.37. The number of carbonyl (C=O) groups excluding carboxylic acids is 1. The number of esters is 1. The molecule has 0 spiro atoms. The molecule has 0 radical (unpaired) electrons. The van der Waals surface area contributed by atoms with E-state index in [0.29, 0.717) is 12.1 Å². The highest BCUT2D eigenvalue weighted by Crippen LogP contribution is 2.18. The third-order valence-electron chi connectivity index (χ3n) is 2.67. The van der Waals surface area contributed by atoms with Gasteiger partial charge in [0.05, 0.1) is 25.2 Å². The molecule has 0 aliphatic heterocycles. The van der Waals surface area contributed by atoms with Gasteiger partial charge in [-0.1, -0.05) is 13.0 Å². The first-order valence-electron chi connectivity index (χ1n) is 5.47. The highest BCUT2D eigenvalue weighted by atomic mass is 16.5. The van der Waals surface area contributed by atoms with E-state index in [4.69, 9.17) is 11.0 Å². The van der Waals surface area contributed by atoms with Crippen LogP contribution in [0.5, 0.6) is 0 Å². The zero-order chi connectivity index (χ0) is 12.8. The quantitative estimate of drug-likeness (QED) is 0.794. The smallest absolute Gasteiger partial charge is 0.309 e. The van der Waals surface area contributed by atoms with Gasteiger partial charge in [-0.25, -0.2) is 0 Å². The molecule has 0 bridgehead atoms. The summed E-state index contributed by atoms with van der Waals surface area (Å²) in [5.41, 5.74) is 8.90. The zero-order valence-corrected chi connectivity index (χ0v) is 10.1. The minimum absolute atomic E-state index is 0.169. The van der Waals surface area contributed by atoms with Crippen molar-refractivity contribution in [1.82, 2.24) is 0 Å². The van der Waals surface area contributed by atoms with E-state index in [2.05, 4.69) is 10.8 Å². The van der Waals surface area contributed by atoms with E-state index in [-0.39, 0.29) is 12.4 Å². The molecule has 1 rings (SSSR count). The maximum atomic E-state index is 11.2. The number of hydrogen-bond donors (Lipinski definition) is 1. The second-order valence-electron chi connectivity index (χ2n) is 3.70. The lowest BCUT2D eigenvalue weighted by molar-refractivity contribution is -0.139. The standard InChI is InChI=1S/C13H16N2O2/c1-3-12-10(7-14)4-9(5-11(12)8-15)6-13(16)17-2/h4-5H,3,6-7,14H2,1-2H3. The summed E-state index contributed by atoms with van der Waals surface area (Å²) in [6.07, 6.45) is 0.927. The van der Waals surface area contributed by atoms with Crippen molar-refractivity contribution >= 4 is 5.97 Å². The third-order valence-corrected chi connectivity index (χ3v) is 2.67. The molecule has 0 unspecified atom stereocenters. The fourth-order valence-corrected chi connectivity index (χ4v) is 1.84. The van der Waals surface area contributed by atoms with E-state index in [1.54, 1.807) is 6.07 Å². The molecule has 0 saturated carbocycles. The topological polar surface area (TPSA) is 76.1 Å². The first-order chi connectivity index (χ1) is 8.15. The highest BCUT2D eigenvalue weighted by Gasteiger charge is 2.11. The second-order valence-corrected chi connectivity index (χ2v) is 3.70. The summed E-state index contributed by atoms with van der Waals surface area (Å²) < 4.78 is 4.60. The van der Waals surface area contributed by atoms with Crippen LogP contribution in [-0.4, -0.2) is 13.1 Å². The number of rotatable bonds is 4. The molecule has 2 N–H and O–H groups in total. The van der Waals surface area contributed by atoms with E-state index in [1.165, 1.54) is 7.11 Å². The fraction of sp³-hybridized carbons (Fsp3) is 0.385. The van der Waals surface area contributed by atoms with Crippen LogP contribution < -0.4 is 5.73 Å². The largest absolute Gasteiger partial charge is 0.469 e. The number of nitrogens with two attached hydrogens (primary N) is 1. The molecule has 17 heavy (non-hydrogen) atoms. The summed E-state index contributed by atoms with van der Waals surface area (Å²) >= 11 is 0. The van der Waals surface area contributed by atoms with Crippen molar-refractivity contribution in [2.24, 2.45) is 5.73 Å². The Morgan fingerprint density at radius 1 is 1.53 bits per heavy atom. The van der Waals surface area contributed by atoms with Gasteiger partial charge in [-0.2, -0.15) is 5.26 Å². The van der Waals surface area contributed by atoms with Crippen molar-refractivity contribution in [3.63, 3.8) is 0 Å². The first kappa shape index (κ1) is 13.2. The summed E-state index contributed by atoms with van der Waals surface area (Å²) in [5.74, 6) is -0.318. The van der Waals surface area contributed by atoms with Gasteiger partial charge in [0.1, 0.15) is 0 Å². The Morgan fingerprint density at radius 3 is 2.71 bits per heavy atom. The Balaban J connectivity index is 3.19. The predicted molar refractivity (Wildman–Crippen MR) is 64.1 cm³/mol. The summed E-state index contributed by atoms with van der Waals surface area (Å²) in [6, 6.07) is 5.75. The normalized spacial score (nSPS) is 9.76. The molecule has 4 nitrogen and oxygen atoms in total. The molecule has 0 amide bonds. The van der Waals surface area contributed by atoms with Gasteiger partial charge >= 0.3 is 5.97 Å². The molecule has 0 saturated heterocycles. The van der Waals surface area contributed by atoms with Gasteiger partial charge in [0.2, 0.25) is 0 Å². The highest BCUT2D eigenvalue weighted by molar-refractivity contribution is 5.72. The van der Waals surface area contributed by atoms with Crippen molar-refractivity contribution in [3.05, 3.63) is 34.4 Å². The average molecular weight is 232 g/mol. The molecular weight excluding hydrogens is 216 g/mol. The second kappa shape index (κ2) is 6.02. The number of ether oxygens (including phenoxy) is 1. The van der Waals surface area contributed by atoms with E-state index in [0.717, 1.165) is 23.1 Å². The van der Waals surface area contributed by atoms with Gasteiger partial charge in [-0.05, 0) is 29.2 Å². The SMILES string of the molecule is CCc1c(C#N)cc(CC(=O)OC)cc1CN.